The van der Waals surface area contributed by atoms with E-state index in [1.165, 1.54) is 19.1 Å². The molecule has 1 saturated carbocycles. The first-order chi connectivity index (χ1) is 9.35. The molecule has 2 atom stereocenters. The van der Waals surface area contributed by atoms with Crippen LogP contribution in [0.2, 0.25) is 0 Å². The van der Waals surface area contributed by atoms with Crippen LogP contribution in [0.1, 0.15) is 24.8 Å². The van der Waals surface area contributed by atoms with Crippen molar-refractivity contribution in [3.63, 3.8) is 0 Å². The van der Waals surface area contributed by atoms with Crippen molar-refractivity contribution in [1.29, 1.82) is 0 Å². The minimum Gasteiger partial charge on any atom is -0.396 e. The zero-order valence-electron chi connectivity index (χ0n) is 11.5. The first-order valence-corrected chi connectivity index (χ1v) is 9.23. The molecule has 112 valence electrons. The molecule has 4 nitrogen and oxygen atoms in total. The summed E-state index contributed by atoms with van der Waals surface area (Å²) in [7, 11) is -3.66. The van der Waals surface area contributed by atoms with Gasteiger partial charge in [0.25, 0.3) is 0 Å². The van der Waals surface area contributed by atoms with Crippen LogP contribution in [0, 0.1) is 12.7 Å². The zero-order valence-corrected chi connectivity index (χ0v) is 13.2. The standard InChI is InChI=1S/C13H19FN2O2S2/c1-8-6-9(7-10(15)13(8)14)20(17,18)16-11-4-3-5-12(11)19-2/h6-7,11-12,16H,3-5,15H2,1-2H3. The SMILES string of the molecule is CSC1CCCC1NS(=O)(=O)c1cc(C)c(F)c(N)c1. The van der Waals surface area contributed by atoms with E-state index in [0.717, 1.165) is 19.3 Å². The smallest absolute Gasteiger partial charge is 0.240 e. The predicted octanol–water partition coefficient (Wildman–Crippen LogP) is 2.28. The average molecular weight is 318 g/mol. The lowest BCUT2D eigenvalue weighted by Crippen LogP contribution is -2.38. The molecule has 0 heterocycles. The topological polar surface area (TPSA) is 72.2 Å². The van der Waals surface area contributed by atoms with Crippen LogP contribution in [0.15, 0.2) is 17.0 Å². The number of nitrogen functional groups attached to an aromatic ring is 1. The molecule has 0 aliphatic heterocycles. The average Bonchev–Trinajstić information content (AvgIpc) is 2.81. The minimum absolute atomic E-state index is 0.0284. The Morgan fingerprint density at radius 3 is 2.70 bits per heavy atom. The molecule has 1 aromatic rings. The largest absolute Gasteiger partial charge is 0.396 e. The number of hydrogen-bond donors (Lipinski definition) is 2. The molecule has 0 saturated heterocycles. The Labute approximate surface area is 123 Å². The maximum Gasteiger partial charge on any atom is 0.240 e. The summed E-state index contributed by atoms with van der Waals surface area (Å²) in [5.41, 5.74) is 5.60. The van der Waals surface area contributed by atoms with E-state index in [0.29, 0.717) is 5.25 Å². The fourth-order valence-corrected chi connectivity index (χ4v) is 4.98. The molecule has 2 rings (SSSR count). The van der Waals surface area contributed by atoms with Gasteiger partial charge in [-0.15, -0.1) is 0 Å². The van der Waals surface area contributed by atoms with Crippen LogP contribution in [0.4, 0.5) is 10.1 Å². The van der Waals surface area contributed by atoms with Crippen LogP contribution in [-0.4, -0.2) is 26.0 Å². The summed E-state index contributed by atoms with van der Waals surface area (Å²) in [6, 6.07) is 2.42. The fourth-order valence-electron chi connectivity index (χ4n) is 2.53. The van der Waals surface area contributed by atoms with Crippen molar-refractivity contribution < 1.29 is 12.8 Å². The highest BCUT2D eigenvalue weighted by molar-refractivity contribution is 7.99. The van der Waals surface area contributed by atoms with Gasteiger partial charge in [0.2, 0.25) is 10.0 Å². The summed E-state index contributed by atoms with van der Waals surface area (Å²) >= 11 is 1.67. The summed E-state index contributed by atoms with van der Waals surface area (Å²) in [5, 5.41) is 0.295. The number of aryl methyl sites for hydroxylation is 1. The first-order valence-electron chi connectivity index (χ1n) is 6.46. The van der Waals surface area contributed by atoms with Gasteiger partial charge in [-0.25, -0.2) is 17.5 Å². The van der Waals surface area contributed by atoms with E-state index < -0.39 is 15.8 Å². The molecular weight excluding hydrogens is 299 g/mol. The van der Waals surface area contributed by atoms with Crippen molar-refractivity contribution in [3.8, 4) is 0 Å². The van der Waals surface area contributed by atoms with Crippen LogP contribution in [0.25, 0.3) is 0 Å². The highest BCUT2D eigenvalue weighted by Crippen LogP contribution is 2.30. The highest BCUT2D eigenvalue weighted by Gasteiger charge is 2.31. The zero-order chi connectivity index (χ0) is 14.9. The van der Waals surface area contributed by atoms with Gasteiger partial charge in [-0.05, 0) is 43.7 Å². The molecular formula is C13H19FN2O2S2. The maximum atomic E-state index is 13.5. The lowest BCUT2D eigenvalue weighted by Gasteiger charge is -2.19. The number of thioether (sulfide) groups is 1. The highest BCUT2D eigenvalue weighted by atomic mass is 32.2. The number of benzene rings is 1. The number of anilines is 1. The molecule has 1 aromatic carbocycles. The van der Waals surface area contributed by atoms with Gasteiger partial charge >= 0.3 is 0 Å². The molecule has 1 aliphatic rings. The third kappa shape index (κ3) is 3.10. The minimum atomic E-state index is -3.66. The number of sulfonamides is 1. The molecule has 0 aromatic heterocycles. The molecule has 3 N–H and O–H groups in total. The Morgan fingerprint density at radius 2 is 2.10 bits per heavy atom. The fraction of sp³-hybridized carbons (Fsp3) is 0.538. The Kier molecular flexibility index (Phi) is 4.61. The second kappa shape index (κ2) is 5.91. The lowest BCUT2D eigenvalue weighted by atomic mass is 10.2. The molecule has 20 heavy (non-hydrogen) atoms. The Bertz CT molecular complexity index is 581. The summed E-state index contributed by atoms with van der Waals surface area (Å²) in [6.45, 7) is 1.50. The van der Waals surface area contributed by atoms with E-state index in [2.05, 4.69) is 4.72 Å². The van der Waals surface area contributed by atoms with E-state index in [4.69, 9.17) is 5.73 Å². The molecule has 0 amide bonds. The number of halogens is 1. The number of rotatable bonds is 4. The van der Waals surface area contributed by atoms with Crippen molar-refractivity contribution >= 4 is 27.5 Å². The quantitative estimate of drug-likeness (QED) is 0.836. The van der Waals surface area contributed by atoms with Crippen LogP contribution < -0.4 is 10.5 Å². The van der Waals surface area contributed by atoms with Crippen molar-refractivity contribution in [2.45, 2.75) is 42.4 Å². The van der Waals surface area contributed by atoms with Crippen molar-refractivity contribution in [1.82, 2.24) is 4.72 Å². The van der Waals surface area contributed by atoms with Crippen LogP contribution in [0.5, 0.6) is 0 Å². The third-order valence-corrected chi connectivity index (χ3v) is 6.27. The molecule has 2 unspecified atom stereocenters. The Morgan fingerprint density at radius 1 is 1.40 bits per heavy atom. The number of hydrogen-bond acceptors (Lipinski definition) is 4. The van der Waals surface area contributed by atoms with Gasteiger partial charge in [-0.1, -0.05) is 6.42 Å². The van der Waals surface area contributed by atoms with Crippen molar-refractivity contribution in [2.75, 3.05) is 12.0 Å². The third-order valence-electron chi connectivity index (χ3n) is 3.63. The van der Waals surface area contributed by atoms with Gasteiger partial charge in [0.1, 0.15) is 5.82 Å². The first kappa shape index (κ1) is 15.6. The van der Waals surface area contributed by atoms with Gasteiger partial charge in [0.05, 0.1) is 10.6 Å². The second-order valence-corrected chi connectivity index (χ2v) is 7.87. The Hall–Kier alpha value is -0.790. The summed E-state index contributed by atoms with van der Waals surface area (Å²) in [6.07, 6.45) is 4.85. The van der Waals surface area contributed by atoms with Gasteiger partial charge in [0, 0.05) is 11.3 Å². The van der Waals surface area contributed by atoms with Crippen molar-refractivity contribution in [3.05, 3.63) is 23.5 Å². The van der Waals surface area contributed by atoms with Crippen molar-refractivity contribution in [2.24, 2.45) is 0 Å². The molecule has 0 radical (unpaired) electrons. The van der Waals surface area contributed by atoms with Crippen LogP contribution in [0.3, 0.4) is 0 Å². The van der Waals surface area contributed by atoms with Crippen LogP contribution >= 0.6 is 11.8 Å². The van der Waals surface area contributed by atoms with E-state index in [1.54, 1.807) is 11.8 Å². The number of nitrogens with one attached hydrogen (secondary N) is 1. The maximum absolute atomic E-state index is 13.5. The lowest BCUT2D eigenvalue weighted by molar-refractivity contribution is 0.554. The van der Waals surface area contributed by atoms with E-state index in [-0.39, 0.29) is 22.2 Å². The molecule has 0 spiro atoms. The summed E-state index contributed by atoms with van der Waals surface area (Å²) in [4.78, 5) is 0.0284. The van der Waals surface area contributed by atoms with E-state index in [1.807, 2.05) is 6.26 Å². The van der Waals surface area contributed by atoms with Gasteiger partial charge in [-0.2, -0.15) is 11.8 Å². The summed E-state index contributed by atoms with van der Waals surface area (Å²) < 4.78 is 40.9. The van der Waals surface area contributed by atoms with Gasteiger partial charge < -0.3 is 5.73 Å². The van der Waals surface area contributed by atoms with Gasteiger partial charge in [-0.3, -0.25) is 0 Å². The molecule has 7 heteroatoms. The molecule has 1 fully saturated rings. The summed E-state index contributed by atoms with van der Waals surface area (Å²) in [5.74, 6) is -0.563. The van der Waals surface area contributed by atoms with E-state index in [9.17, 15) is 12.8 Å². The van der Waals surface area contributed by atoms with Crippen LogP contribution in [-0.2, 0) is 10.0 Å². The normalized spacial score (nSPS) is 23.1. The van der Waals surface area contributed by atoms with Gasteiger partial charge in [0.15, 0.2) is 0 Å². The Balaban J connectivity index is 2.27. The van der Waals surface area contributed by atoms with E-state index >= 15 is 0 Å². The second-order valence-electron chi connectivity index (χ2n) is 5.08. The predicted molar refractivity (Wildman–Crippen MR) is 80.8 cm³/mol. The molecule has 0 bridgehead atoms. The number of nitrogens with two attached hydrogens (primary N) is 1. The monoisotopic (exact) mass is 318 g/mol. The molecule has 1 aliphatic carbocycles.